The Hall–Kier alpha value is -1.03. The molecule has 232 valence electrons. The van der Waals surface area contributed by atoms with E-state index in [0.717, 1.165) is 57.9 Å². The molecule has 1 saturated carbocycles. The normalized spacial score (nSPS) is 36.0. The van der Waals surface area contributed by atoms with E-state index < -0.39 is 29.7 Å². The lowest BCUT2D eigenvalue weighted by Crippen LogP contribution is -2.94. The third-order valence-electron chi connectivity index (χ3n) is 10.2. The minimum absolute atomic E-state index is 0.126. The van der Waals surface area contributed by atoms with Crippen LogP contribution in [0.25, 0.3) is 0 Å². The lowest BCUT2D eigenvalue weighted by atomic mass is 9.81. The highest BCUT2D eigenvalue weighted by Gasteiger charge is 2.46. The average molecular weight is 567 g/mol. The van der Waals surface area contributed by atoms with Gasteiger partial charge in [-0.2, -0.15) is 0 Å². The first-order valence-corrected chi connectivity index (χ1v) is 16.4. The molecule has 40 heavy (non-hydrogen) atoms. The maximum atomic E-state index is 11.8. The van der Waals surface area contributed by atoms with Crippen LogP contribution < -0.4 is 16.2 Å². The molecule has 2 unspecified atom stereocenters. The van der Waals surface area contributed by atoms with Crippen molar-refractivity contribution in [2.24, 2.45) is 35.3 Å². The second-order valence-corrected chi connectivity index (χ2v) is 13.5. The molecule has 2 fully saturated rings. The van der Waals surface area contributed by atoms with E-state index in [0.29, 0.717) is 37.5 Å². The Morgan fingerprint density at radius 2 is 1.82 bits per heavy atom. The van der Waals surface area contributed by atoms with Gasteiger partial charge in [-0.25, -0.2) is 0 Å². The number of unbranched alkanes of at least 4 members (excludes halogenated alkanes) is 4. The number of carbonyl (C=O) groups excluding carboxylic acids is 1. The van der Waals surface area contributed by atoms with Gasteiger partial charge in [0.2, 0.25) is 0 Å². The van der Waals surface area contributed by atoms with Gasteiger partial charge in [0, 0.05) is 24.2 Å². The molecule has 1 heterocycles. The summed E-state index contributed by atoms with van der Waals surface area (Å²) in [6.07, 6.45) is 15.9. The summed E-state index contributed by atoms with van der Waals surface area (Å²) in [7, 11) is 0. The Morgan fingerprint density at radius 1 is 1.05 bits per heavy atom. The molecule has 8 nitrogen and oxygen atoms in total. The van der Waals surface area contributed by atoms with Gasteiger partial charge in [0.15, 0.2) is 0 Å². The zero-order valence-corrected chi connectivity index (χ0v) is 24.8. The minimum Gasteiger partial charge on any atom is -0.550 e. The Balaban J connectivity index is 1.35. The second-order valence-electron chi connectivity index (χ2n) is 13.5. The first kappa shape index (κ1) is 33.5. The molecule has 3 aliphatic rings. The SMILES string of the molecule is CCCCC[C@H]1C=C[C@@H](CCCCC[C@H](C(=O)[O-])[C@H](O)CC[C@@]2(O)C[C@H](CC3CC[NH2+]C(N)C3)C[C@H]2O)[C@H](O)C1. The number of rotatable bonds is 17. The number of aliphatic hydroxyl groups is 4. The standard InChI is InChI=1S/C32H58N2O6/c1-2-3-5-8-22-11-12-25(28(36)18-22)9-6-4-7-10-26(31(38)39)27(35)13-15-32(40)21-24(19-29(32)37)17-23-14-16-34-30(33)20-23/h11-12,22-30,34-37,40H,2-10,13-21,33H2,1H3,(H,38,39)/t22-,23?,24+,25+,26-,27+,28+,29+,30?,32+/m0/s1. The first-order valence-electron chi connectivity index (χ1n) is 16.4. The van der Waals surface area contributed by atoms with Crippen molar-refractivity contribution in [1.29, 1.82) is 0 Å². The molecule has 0 aromatic rings. The molecule has 2 aliphatic carbocycles. The Morgan fingerprint density at radius 3 is 2.52 bits per heavy atom. The maximum Gasteiger partial charge on any atom is 0.137 e. The van der Waals surface area contributed by atoms with Gasteiger partial charge < -0.3 is 35.6 Å². The Kier molecular flexibility index (Phi) is 13.9. The maximum absolute atomic E-state index is 11.8. The third-order valence-corrected chi connectivity index (χ3v) is 10.2. The van der Waals surface area contributed by atoms with Crippen molar-refractivity contribution in [3.8, 4) is 0 Å². The van der Waals surface area contributed by atoms with Crippen molar-refractivity contribution in [3.63, 3.8) is 0 Å². The summed E-state index contributed by atoms with van der Waals surface area (Å²) in [5, 5.41) is 57.1. The number of nitrogens with two attached hydrogens (primary N) is 2. The summed E-state index contributed by atoms with van der Waals surface area (Å²) in [5.41, 5.74) is 4.80. The van der Waals surface area contributed by atoms with Crippen molar-refractivity contribution in [2.75, 3.05) is 6.54 Å². The molecule has 8 heteroatoms. The van der Waals surface area contributed by atoms with E-state index in [1.54, 1.807) is 0 Å². The van der Waals surface area contributed by atoms with Crippen LogP contribution in [0.4, 0.5) is 0 Å². The van der Waals surface area contributed by atoms with Crippen LogP contribution in [-0.4, -0.2) is 63.0 Å². The van der Waals surface area contributed by atoms with E-state index in [9.17, 15) is 30.3 Å². The molecule has 1 saturated heterocycles. The highest BCUT2D eigenvalue weighted by molar-refractivity contribution is 5.68. The van der Waals surface area contributed by atoms with Gasteiger partial charge in [0.25, 0.3) is 0 Å². The van der Waals surface area contributed by atoms with E-state index in [1.807, 2.05) is 0 Å². The van der Waals surface area contributed by atoms with Gasteiger partial charge in [-0.3, -0.25) is 5.73 Å². The smallest absolute Gasteiger partial charge is 0.137 e. The van der Waals surface area contributed by atoms with Crippen LogP contribution in [0, 0.1) is 29.6 Å². The van der Waals surface area contributed by atoms with Gasteiger partial charge in [0.1, 0.15) is 6.17 Å². The van der Waals surface area contributed by atoms with Crippen LogP contribution in [0.1, 0.15) is 116 Å². The summed E-state index contributed by atoms with van der Waals surface area (Å²) in [6.45, 7) is 3.22. The Bertz CT molecular complexity index is 781. The monoisotopic (exact) mass is 566 g/mol. The number of quaternary nitrogens is 1. The molecule has 0 aromatic heterocycles. The van der Waals surface area contributed by atoms with E-state index in [-0.39, 0.29) is 36.9 Å². The third kappa shape index (κ3) is 10.4. The molecule has 0 radical (unpaired) electrons. The fraction of sp³-hybridized carbons (Fsp3) is 0.906. The van der Waals surface area contributed by atoms with Gasteiger partial charge in [-0.1, -0.05) is 57.6 Å². The van der Waals surface area contributed by atoms with E-state index >= 15 is 0 Å². The molecule has 1 aliphatic heterocycles. The summed E-state index contributed by atoms with van der Waals surface area (Å²) in [6, 6.07) is 0. The van der Waals surface area contributed by atoms with Gasteiger partial charge in [-0.15, -0.1) is 0 Å². The molecule has 3 rings (SSSR count). The van der Waals surface area contributed by atoms with Gasteiger partial charge in [0.05, 0.1) is 30.5 Å². The fourth-order valence-corrected chi connectivity index (χ4v) is 7.67. The van der Waals surface area contributed by atoms with Crippen LogP contribution in [0.15, 0.2) is 12.2 Å². The van der Waals surface area contributed by atoms with Crippen LogP contribution >= 0.6 is 0 Å². The number of hydrogen-bond acceptors (Lipinski definition) is 7. The van der Waals surface area contributed by atoms with Crippen LogP contribution in [0.5, 0.6) is 0 Å². The summed E-state index contributed by atoms with van der Waals surface area (Å²) in [5.74, 6) is -0.865. The zero-order chi connectivity index (χ0) is 29.1. The molecular weight excluding hydrogens is 508 g/mol. The number of hydrogen-bond donors (Lipinski definition) is 6. The van der Waals surface area contributed by atoms with Crippen molar-refractivity contribution in [3.05, 3.63) is 12.2 Å². The molecule has 0 bridgehead atoms. The molecule has 8 N–H and O–H groups in total. The fourth-order valence-electron chi connectivity index (χ4n) is 7.67. The molecular formula is C32H58N2O6. The highest BCUT2D eigenvalue weighted by Crippen LogP contribution is 2.42. The Labute approximate surface area is 241 Å². The van der Waals surface area contributed by atoms with Crippen molar-refractivity contribution >= 4 is 5.97 Å². The highest BCUT2D eigenvalue weighted by atomic mass is 16.4. The minimum atomic E-state index is -1.28. The largest absolute Gasteiger partial charge is 0.550 e. The van der Waals surface area contributed by atoms with Crippen LogP contribution in [0.2, 0.25) is 0 Å². The van der Waals surface area contributed by atoms with Crippen molar-refractivity contribution in [1.82, 2.24) is 0 Å². The topological polar surface area (TPSA) is 164 Å². The number of carboxylic acids is 1. The predicted octanol–water partition coefficient (Wildman–Crippen LogP) is 1.73. The van der Waals surface area contributed by atoms with Gasteiger partial charge in [-0.05, 0) is 82.0 Å². The number of carbonyl (C=O) groups is 1. The molecule has 0 amide bonds. The summed E-state index contributed by atoms with van der Waals surface area (Å²) in [4.78, 5) is 11.8. The number of carboxylic acid groups (broad SMARTS) is 1. The predicted molar refractivity (Wildman–Crippen MR) is 153 cm³/mol. The van der Waals surface area contributed by atoms with Crippen molar-refractivity contribution < 1.29 is 35.6 Å². The number of allylic oxidation sites excluding steroid dienone is 1. The first-order chi connectivity index (χ1) is 19.1. The average Bonchev–Trinajstić information content (AvgIpc) is 3.18. The number of piperidine rings is 1. The van der Waals surface area contributed by atoms with Crippen molar-refractivity contribution in [2.45, 2.75) is 146 Å². The number of aliphatic hydroxyl groups excluding tert-OH is 3. The molecule has 0 spiro atoms. The molecule has 10 atom stereocenters. The zero-order valence-electron chi connectivity index (χ0n) is 24.8. The van der Waals surface area contributed by atoms with E-state index in [1.165, 1.54) is 19.3 Å². The number of aliphatic carboxylic acids is 1. The molecule has 0 aromatic carbocycles. The quantitative estimate of drug-likeness (QED) is 0.115. The van der Waals surface area contributed by atoms with Crippen LogP contribution in [-0.2, 0) is 4.79 Å². The lowest BCUT2D eigenvalue weighted by Gasteiger charge is -2.31. The lowest BCUT2D eigenvalue weighted by molar-refractivity contribution is -0.699. The van der Waals surface area contributed by atoms with E-state index in [2.05, 4.69) is 24.4 Å². The van der Waals surface area contributed by atoms with E-state index in [4.69, 9.17) is 5.73 Å². The summed E-state index contributed by atoms with van der Waals surface area (Å²) < 4.78 is 0. The second kappa shape index (κ2) is 16.6. The van der Waals surface area contributed by atoms with Gasteiger partial charge >= 0.3 is 0 Å². The summed E-state index contributed by atoms with van der Waals surface area (Å²) >= 11 is 0. The van der Waals surface area contributed by atoms with Crippen LogP contribution in [0.3, 0.4) is 0 Å².